The smallest absolute Gasteiger partial charge is 0.131 e. The summed E-state index contributed by atoms with van der Waals surface area (Å²) in [6.45, 7) is 0. The van der Waals surface area contributed by atoms with Gasteiger partial charge in [-0.1, -0.05) is 18.2 Å². The van der Waals surface area contributed by atoms with Gasteiger partial charge in [0.25, 0.3) is 0 Å². The molecule has 0 aliphatic heterocycles. The number of benzene rings is 3. The fraction of sp³-hybridized carbons (Fsp3) is 0. The van der Waals surface area contributed by atoms with Gasteiger partial charge < -0.3 is 0 Å². The Bertz CT molecular complexity index is 687. The molecule has 0 fully saturated rings. The van der Waals surface area contributed by atoms with E-state index in [1.165, 1.54) is 18.2 Å². The lowest BCUT2D eigenvalue weighted by atomic mass is 10.0. The number of hydrogen-bond donors (Lipinski definition) is 0. The molecule has 0 aliphatic carbocycles. The second-order valence-corrected chi connectivity index (χ2v) is 3.80. The van der Waals surface area contributed by atoms with E-state index < -0.39 is 0 Å². The number of fused-ring (bicyclic) bond motifs is 2. The van der Waals surface area contributed by atoms with Crippen LogP contribution in [0.3, 0.4) is 0 Å². The first-order chi connectivity index (χ1) is 7.74. The molecule has 3 rings (SSSR count). The van der Waals surface area contributed by atoms with Crippen LogP contribution in [0.2, 0.25) is 0 Å². The van der Waals surface area contributed by atoms with Crippen LogP contribution >= 0.6 is 0 Å². The lowest BCUT2D eigenvalue weighted by molar-refractivity contribution is 0.629. The van der Waals surface area contributed by atoms with E-state index in [1.54, 1.807) is 18.2 Å². The van der Waals surface area contributed by atoms with E-state index in [9.17, 15) is 8.78 Å². The van der Waals surface area contributed by atoms with Crippen LogP contribution in [0.25, 0.3) is 21.5 Å². The van der Waals surface area contributed by atoms with E-state index in [2.05, 4.69) is 0 Å². The Morgan fingerprint density at radius 2 is 1.56 bits per heavy atom. The van der Waals surface area contributed by atoms with E-state index in [0.29, 0.717) is 5.39 Å². The van der Waals surface area contributed by atoms with Crippen molar-refractivity contribution < 1.29 is 8.78 Å². The number of hydrogen-bond acceptors (Lipinski definition) is 0. The van der Waals surface area contributed by atoms with Gasteiger partial charge in [0.1, 0.15) is 11.6 Å². The Morgan fingerprint density at radius 3 is 2.44 bits per heavy atom. The van der Waals surface area contributed by atoms with Gasteiger partial charge in [-0.25, -0.2) is 8.78 Å². The topological polar surface area (TPSA) is 0 Å². The predicted molar refractivity (Wildman–Crippen MR) is 61.4 cm³/mol. The van der Waals surface area contributed by atoms with Crippen LogP contribution in [0, 0.1) is 11.6 Å². The molecule has 0 N–H and O–H groups in total. The van der Waals surface area contributed by atoms with Crippen LogP contribution in [0.5, 0.6) is 0 Å². The van der Waals surface area contributed by atoms with Gasteiger partial charge in [0.05, 0.1) is 0 Å². The second kappa shape index (κ2) is 3.27. The highest BCUT2D eigenvalue weighted by molar-refractivity contribution is 5.98. The Morgan fingerprint density at radius 1 is 0.688 bits per heavy atom. The molecule has 0 saturated heterocycles. The molecule has 0 radical (unpaired) electrons. The third-order valence-corrected chi connectivity index (χ3v) is 2.75. The summed E-state index contributed by atoms with van der Waals surface area (Å²) in [4.78, 5) is 0. The molecule has 0 bridgehead atoms. The highest BCUT2D eigenvalue weighted by Crippen LogP contribution is 2.25. The molecule has 0 heterocycles. The molecule has 16 heavy (non-hydrogen) atoms. The zero-order chi connectivity index (χ0) is 11.1. The molecule has 0 aromatic heterocycles. The van der Waals surface area contributed by atoms with Crippen molar-refractivity contribution in [1.29, 1.82) is 0 Å². The van der Waals surface area contributed by atoms with Crippen LogP contribution in [0.4, 0.5) is 8.78 Å². The zero-order valence-electron chi connectivity index (χ0n) is 8.37. The van der Waals surface area contributed by atoms with Gasteiger partial charge in [0, 0.05) is 5.39 Å². The van der Waals surface area contributed by atoms with Crippen molar-refractivity contribution in [3.8, 4) is 0 Å². The third-order valence-electron chi connectivity index (χ3n) is 2.75. The lowest BCUT2D eigenvalue weighted by Crippen LogP contribution is -1.81. The zero-order valence-corrected chi connectivity index (χ0v) is 8.37. The van der Waals surface area contributed by atoms with E-state index in [4.69, 9.17) is 0 Å². The van der Waals surface area contributed by atoms with Crippen molar-refractivity contribution in [2.75, 3.05) is 0 Å². The Labute approximate surface area is 91.1 Å². The van der Waals surface area contributed by atoms with E-state index in [-0.39, 0.29) is 11.6 Å². The molecule has 0 spiro atoms. The molecule has 2 heteroatoms. The second-order valence-electron chi connectivity index (χ2n) is 3.80. The molecular formula is C14H8F2. The van der Waals surface area contributed by atoms with Gasteiger partial charge in [-0.15, -0.1) is 0 Å². The summed E-state index contributed by atoms with van der Waals surface area (Å²) >= 11 is 0. The summed E-state index contributed by atoms with van der Waals surface area (Å²) in [7, 11) is 0. The van der Waals surface area contributed by atoms with Gasteiger partial charge in [0.15, 0.2) is 0 Å². The van der Waals surface area contributed by atoms with Crippen molar-refractivity contribution in [3.63, 3.8) is 0 Å². The Kier molecular flexibility index (Phi) is 1.90. The SMILES string of the molecule is Fc1ccc2cc3cccc(F)c3cc2c1. The van der Waals surface area contributed by atoms with Crippen molar-refractivity contribution in [2.24, 2.45) is 0 Å². The number of halogens is 2. The predicted octanol–water partition coefficient (Wildman–Crippen LogP) is 4.27. The maximum Gasteiger partial charge on any atom is 0.131 e. The highest BCUT2D eigenvalue weighted by Gasteiger charge is 2.03. The lowest BCUT2D eigenvalue weighted by Gasteiger charge is -2.03. The monoisotopic (exact) mass is 214 g/mol. The normalized spacial score (nSPS) is 11.1. The van der Waals surface area contributed by atoms with E-state index in [0.717, 1.165) is 16.2 Å². The quantitative estimate of drug-likeness (QED) is 0.490. The average Bonchev–Trinajstić information content (AvgIpc) is 2.28. The molecule has 0 nitrogen and oxygen atoms in total. The van der Waals surface area contributed by atoms with Gasteiger partial charge >= 0.3 is 0 Å². The Balaban J connectivity index is 2.49. The molecule has 0 aliphatic rings. The maximum atomic E-state index is 13.5. The minimum atomic E-state index is -0.303. The first-order valence-corrected chi connectivity index (χ1v) is 5.01. The van der Waals surface area contributed by atoms with Gasteiger partial charge in [0.2, 0.25) is 0 Å². The van der Waals surface area contributed by atoms with Crippen molar-refractivity contribution in [3.05, 3.63) is 60.2 Å². The highest BCUT2D eigenvalue weighted by atomic mass is 19.1. The minimum Gasteiger partial charge on any atom is -0.207 e. The molecular weight excluding hydrogens is 206 g/mol. The summed E-state index contributed by atoms with van der Waals surface area (Å²) in [6, 6.07) is 13.0. The van der Waals surface area contributed by atoms with Crippen molar-refractivity contribution in [1.82, 2.24) is 0 Å². The average molecular weight is 214 g/mol. The summed E-state index contributed by atoms with van der Waals surface area (Å²) in [5.41, 5.74) is 0. The minimum absolute atomic E-state index is 0.274. The molecule has 0 atom stereocenters. The third kappa shape index (κ3) is 1.34. The summed E-state index contributed by atoms with van der Waals surface area (Å²) in [6.07, 6.45) is 0. The first kappa shape index (κ1) is 9.28. The molecule has 0 saturated carbocycles. The molecule has 0 unspecified atom stereocenters. The van der Waals surface area contributed by atoms with E-state index >= 15 is 0 Å². The molecule has 3 aromatic carbocycles. The van der Waals surface area contributed by atoms with Crippen molar-refractivity contribution >= 4 is 21.5 Å². The first-order valence-electron chi connectivity index (χ1n) is 5.01. The number of rotatable bonds is 0. The van der Waals surface area contributed by atoms with Crippen LogP contribution in [0.15, 0.2) is 48.5 Å². The fourth-order valence-corrected chi connectivity index (χ4v) is 1.96. The van der Waals surface area contributed by atoms with E-state index in [1.807, 2.05) is 12.1 Å². The summed E-state index contributed by atoms with van der Waals surface area (Å²) in [5, 5.41) is 3.00. The molecule has 0 amide bonds. The summed E-state index contributed by atoms with van der Waals surface area (Å²) < 4.78 is 26.6. The van der Waals surface area contributed by atoms with Gasteiger partial charge in [-0.3, -0.25) is 0 Å². The largest absolute Gasteiger partial charge is 0.207 e. The summed E-state index contributed by atoms with van der Waals surface area (Å²) in [5.74, 6) is -0.577. The van der Waals surface area contributed by atoms with Crippen molar-refractivity contribution in [2.45, 2.75) is 0 Å². The maximum absolute atomic E-state index is 13.5. The van der Waals surface area contributed by atoms with Gasteiger partial charge in [-0.05, 0) is 46.5 Å². The fourth-order valence-electron chi connectivity index (χ4n) is 1.96. The van der Waals surface area contributed by atoms with Crippen LogP contribution < -0.4 is 0 Å². The van der Waals surface area contributed by atoms with Crippen LogP contribution in [-0.2, 0) is 0 Å². The molecule has 3 aromatic rings. The molecule has 78 valence electrons. The van der Waals surface area contributed by atoms with Gasteiger partial charge in [-0.2, -0.15) is 0 Å². The van der Waals surface area contributed by atoms with Crippen LogP contribution in [0.1, 0.15) is 0 Å². The van der Waals surface area contributed by atoms with Crippen LogP contribution in [-0.4, -0.2) is 0 Å². The standard InChI is InChI=1S/C14H8F2/c15-12-5-4-9-6-10-2-1-3-14(16)13(10)8-11(9)7-12/h1-8H. The Hall–Kier alpha value is -1.96.